The lowest BCUT2D eigenvalue weighted by atomic mass is 10.0. The average molecular weight is 332 g/mol. The van der Waals surface area contributed by atoms with Gasteiger partial charge in [-0.1, -0.05) is 0 Å². The van der Waals surface area contributed by atoms with E-state index in [1.165, 1.54) is 0 Å². The molecule has 0 spiro atoms. The zero-order chi connectivity index (χ0) is 17.3. The summed E-state index contributed by atoms with van der Waals surface area (Å²) in [6.07, 6.45) is -1.13. The molecule has 0 heterocycles. The number of hydrogen-bond donors (Lipinski definition) is 0. The minimum atomic E-state index is -1.90. The van der Waals surface area contributed by atoms with Crippen molar-refractivity contribution in [1.29, 1.82) is 0 Å². The molecule has 0 saturated heterocycles. The summed E-state index contributed by atoms with van der Waals surface area (Å²) in [6, 6.07) is 2.19. The van der Waals surface area contributed by atoms with E-state index in [0.717, 1.165) is 0 Å². The summed E-state index contributed by atoms with van der Waals surface area (Å²) < 4.78 is 78.5. The Hall–Kier alpha value is -2.64. The van der Waals surface area contributed by atoms with E-state index in [1.807, 2.05) is 0 Å². The van der Waals surface area contributed by atoms with Gasteiger partial charge in [0.05, 0.1) is 17.5 Å². The van der Waals surface area contributed by atoms with Crippen LogP contribution in [0, 0.1) is 34.9 Å². The average Bonchev–Trinajstić information content (AvgIpc) is 2.50. The monoisotopic (exact) mass is 332 g/mol. The van der Waals surface area contributed by atoms with Gasteiger partial charge in [-0.15, -0.1) is 0 Å². The number of hydrogen-bond acceptors (Lipinski definition) is 2. The summed E-state index contributed by atoms with van der Waals surface area (Å²) in [7, 11) is 0. The van der Waals surface area contributed by atoms with Gasteiger partial charge >= 0.3 is 0 Å². The Kier molecular flexibility index (Phi) is 4.53. The molecule has 0 aliphatic heterocycles. The fourth-order valence-electron chi connectivity index (χ4n) is 1.82. The molecule has 23 heavy (non-hydrogen) atoms. The van der Waals surface area contributed by atoms with Gasteiger partial charge in [0.25, 0.3) is 0 Å². The molecule has 0 saturated carbocycles. The van der Waals surface area contributed by atoms with Crippen LogP contribution in [0.1, 0.15) is 27.1 Å². The quantitative estimate of drug-likeness (QED) is 0.367. The first-order chi connectivity index (χ1) is 10.7. The van der Waals surface area contributed by atoms with E-state index < -0.39 is 64.0 Å². The zero-order valence-electron chi connectivity index (χ0n) is 11.1. The van der Waals surface area contributed by atoms with Crippen molar-refractivity contribution < 1.29 is 35.9 Å². The molecule has 8 heteroatoms. The molecule has 2 aromatic carbocycles. The molecule has 2 aromatic rings. The molecule has 0 radical (unpaired) electrons. The van der Waals surface area contributed by atoms with E-state index >= 15 is 0 Å². The molecule has 0 unspecified atom stereocenters. The number of Topliss-reactive ketones (excluding diaryl/α,β-unsaturated/α-hetero) is 2. The molecule has 2 rings (SSSR count). The third-order valence-corrected chi connectivity index (χ3v) is 2.99. The Labute approximate surface area is 125 Å². The fraction of sp³-hybridized carbons (Fsp3) is 0.0667. The van der Waals surface area contributed by atoms with Gasteiger partial charge in [0, 0.05) is 0 Å². The normalized spacial score (nSPS) is 10.7. The van der Waals surface area contributed by atoms with Crippen molar-refractivity contribution in [3.63, 3.8) is 0 Å². The molecular formula is C15H6F6O2. The SMILES string of the molecule is O=C(CC(=O)c1ccc(F)c(F)c1F)c1ccc(F)c(F)c1F. The summed E-state index contributed by atoms with van der Waals surface area (Å²) >= 11 is 0. The number of ketones is 2. The number of benzene rings is 2. The molecular weight excluding hydrogens is 326 g/mol. The van der Waals surface area contributed by atoms with Crippen LogP contribution in [0.3, 0.4) is 0 Å². The Morgan fingerprint density at radius 3 is 1.30 bits per heavy atom. The minimum absolute atomic E-state index is 0.480. The van der Waals surface area contributed by atoms with Gasteiger partial charge in [-0.3, -0.25) is 9.59 Å². The van der Waals surface area contributed by atoms with Gasteiger partial charge in [0.15, 0.2) is 46.5 Å². The van der Waals surface area contributed by atoms with Gasteiger partial charge in [-0.2, -0.15) is 0 Å². The van der Waals surface area contributed by atoms with Crippen molar-refractivity contribution >= 4 is 11.6 Å². The van der Waals surface area contributed by atoms with E-state index in [0.29, 0.717) is 24.3 Å². The van der Waals surface area contributed by atoms with Gasteiger partial charge < -0.3 is 0 Å². The Morgan fingerprint density at radius 2 is 0.957 bits per heavy atom. The van der Waals surface area contributed by atoms with Crippen molar-refractivity contribution in [3.8, 4) is 0 Å². The first-order valence-corrected chi connectivity index (χ1v) is 6.07. The molecule has 0 amide bonds. The van der Waals surface area contributed by atoms with Crippen LogP contribution >= 0.6 is 0 Å². The largest absolute Gasteiger partial charge is 0.294 e. The second kappa shape index (κ2) is 6.23. The van der Waals surface area contributed by atoms with Gasteiger partial charge in [-0.25, -0.2) is 26.3 Å². The van der Waals surface area contributed by atoms with Crippen LogP contribution in [0.2, 0.25) is 0 Å². The molecule has 0 fully saturated rings. The van der Waals surface area contributed by atoms with Crippen LogP contribution in [-0.4, -0.2) is 11.6 Å². The van der Waals surface area contributed by atoms with Crippen molar-refractivity contribution in [2.75, 3.05) is 0 Å². The summed E-state index contributed by atoms with van der Waals surface area (Å²) in [5.41, 5.74) is -1.83. The number of rotatable bonds is 4. The van der Waals surface area contributed by atoms with E-state index in [9.17, 15) is 35.9 Å². The minimum Gasteiger partial charge on any atom is -0.294 e. The molecule has 0 aliphatic carbocycles. The second-order valence-corrected chi connectivity index (χ2v) is 4.47. The van der Waals surface area contributed by atoms with Crippen molar-refractivity contribution in [2.45, 2.75) is 6.42 Å². The van der Waals surface area contributed by atoms with Crippen LogP contribution < -0.4 is 0 Å². The van der Waals surface area contributed by atoms with E-state index in [2.05, 4.69) is 0 Å². The fourth-order valence-corrected chi connectivity index (χ4v) is 1.82. The van der Waals surface area contributed by atoms with Crippen LogP contribution in [0.4, 0.5) is 26.3 Å². The van der Waals surface area contributed by atoms with Gasteiger partial charge in [0.2, 0.25) is 0 Å². The maximum Gasteiger partial charge on any atom is 0.195 e. The highest BCUT2D eigenvalue weighted by molar-refractivity contribution is 6.13. The van der Waals surface area contributed by atoms with Crippen molar-refractivity contribution in [3.05, 3.63) is 70.3 Å². The molecule has 0 bridgehead atoms. The topological polar surface area (TPSA) is 34.1 Å². The predicted molar refractivity (Wildman–Crippen MR) is 65.9 cm³/mol. The Morgan fingerprint density at radius 1 is 0.609 bits per heavy atom. The second-order valence-electron chi connectivity index (χ2n) is 4.47. The van der Waals surface area contributed by atoms with E-state index in [1.54, 1.807) is 0 Å². The van der Waals surface area contributed by atoms with Crippen LogP contribution in [0.15, 0.2) is 24.3 Å². The predicted octanol–water partition coefficient (Wildman–Crippen LogP) is 3.98. The zero-order valence-corrected chi connectivity index (χ0v) is 11.1. The molecule has 120 valence electrons. The number of carbonyl (C=O) groups excluding carboxylic acids is 2. The highest BCUT2D eigenvalue weighted by Crippen LogP contribution is 2.20. The Bertz CT molecular complexity index is 749. The molecule has 2 nitrogen and oxygen atoms in total. The summed E-state index contributed by atoms with van der Waals surface area (Å²) in [4.78, 5) is 23.5. The molecule has 0 aliphatic rings. The number of carbonyl (C=O) groups is 2. The van der Waals surface area contributed by atoms with Crippen LogP contribution in [0.25, 0.3) is 0 Å². The highest BCUT2D eigenvalue weighted by atomic mass is 19.2. The van der Waals surface area contributed by atoms with Crippen molar-refractivity contribution in [1.82, 2.24) is 0 Å². The third-order valence-electron chi connectivity index (χ3n) is 2.99. The summed E-state index contributed by atoms with van der Waals surface area (Å²) in [5.74, 6) is -13.0. The smallest absolute Gasteiger partial charge is 0.195 e. The lowest BCUT2D eigenvalue weighted by Crippen LogP contribution is -2.13. The summed E-state index contributed by atoms with van der Waals surface area (Å²) in [6.45, 7) is 0. The lowest BCUT2D eigenvalue weighted by molar-refractivity contribution is 0.0888. The lowest BCUT2D eigenvalue weighted by Gasteiger charge is -2.05. The van der Waals surface area contributed by atoms with Gasteiger partial charge in [-0.05, 0) is 24.3 Å². The summed E-state index contributed by atoms with van der Waals surface area (Å²) in [5, 5.41) is 0. The van der Waals surface area contributed by atoms with E-state index in [-0.39, 0.29) is 0 Å². The maximum absolute atomic E-state index is 13.4. The highest BCUT2D eigenvalue weighted by Gasteiger charge is 2.24. The van der Waals surface area contributed by atoms with Crippen molar-refractivity contribution in [2.24, 2.45) is 0 Å². The standard InChI is InChI=1S/C15H6F6O2/c16-8-3-1-6(12(18)14(8)20)10(22)5-11(23)7-2-4-9(17)15(21)13(7)19/h1-4H,5H2. The van der Waals surface area contributed by atoms with E-state index in [4.69, 9.17) is 0 Å². The Balaban J connectivity index is 2.29. The molecule has 0 atom stereocenters. The maximum atomic E-state index is 13.4. The first-order valence-electron chi connectivity index (χ1n) is 6.07. The number of halogens is 6. The molecule has 0 N–H and O–H groups in total. The first kappa shape index (κ1) is 16.7. The van der Waals surface area contributed by atoms with Crippen LogP contribution in [0.5, 0.6) is 0 Å². The molecule has 0 aromatic heterocycles. The van der Waals surface area contributed by atoms with Gasteiger partial charge in [0.1, 0.15) is 0 Å². The third kappa shape index (κ3) is 3.10. The van der Waals surface area contributed by atoms with Crippen LogP contribution in [-0.2, 0) is 0 Å².